The summed E-state index contributed by atoms with van der Waals surface area (Å²) >= 11 is 0. The number of hydrogen-bond acceptors (Lipinski definition) is 1. The van der Waals surface area contributed by atoms with Crippen molar-refractivity contribution in [2.24, 2.45) is 0 Å². The van der Waals surface area contributed by atoms with E-state index >= 15 is 0 Å². The number of benzene rings is 1. The fraction of sp³-hybridized carbons (Fsp3) is 0.222. The second kappa shape index (κ2) is 12.3. The summed E-state index contributed by atoms with van der Waals surface area (Å²) in [5.74, 6) is 0. The maximum absolute atomic E-state index is 11.9. The Bertz CT molecular complexity index is 536. The Morgan fingerprint density at radius 3 is 1.29 bits per heavy atom. The van der Waals surface area contributed by atoms with Crippen LogP contribution in [0, 0.1) is 11.3 Å². The van der Waals surface area contributed by atoms with Gasteiger partial charge in [0, 0.05) is 0 Å². The molecule has 1 rings (SSSR count). The average molecular weight is 446 g/mol. The van der Waals surface area contributed by atoms with Gasteiger partial charge >= 0.3 is 27.9 Å². The molecule has 0 radical (unpaired) electrons. The van der Waals surface area contributed by atoms with E-state index < -0.39 is 34.4 Å². The highest BCUT2D eigenvalue weighted by Crippen LogP contribution is 2.21. The first-order chi connectivity index (χ1) is 12.0. The van der Waals surface area contributed by atoms with Crippen molar-refractivity contribution < 1.29 is 65.0 Å². The zero-order valence-electron chi connectivity index (χ0n) is 12.9. The van der Waals surface area contributed by atoms with Gasteiger partial charge in [-0.25, -0.2) is 0 Å². The number of nitrogens with zero attached hydrogens (tertiary/aromatic N) is 1. The lowest BCUT2D eigenvalue weighted by Gasteiger charge is -2.05. The fourth-order valence-electron chi connectivity index (χ4n) is 0.982. The van der Waals surface area contributed by atoms with Crippen molar-refractivity contribution in [1.82, 2.24) is 0 Å². The van der Waals surface area contributed by atoms with Crippen LogP contribution >= 0.6 is 0 Å². The lowest BCUT2D eigenvalue weighted by Crippen LogP contribution is -2.11. The Morgan fingerprint density at radius 2 is 1.04 bits per heavy atom. The molecule has 0 N–H and O–H groups in total. The van der Waals surface area contributed by atoms with Crippen LogP contribution in [0.5, 0.6) is 0 Å². The maximum atomic E-state index is 11.9. The van der Waals surface area contributed by atoms with Gasteiger partial charge < -0.3 is 51.8 Å². The van der Waals surface area contributed by atoms with Crippen LogP contribution in [0.2, 0.25) is 0 Å². The quantitative estimate of drug-likeness (QED) is 0.355. The molecule has 28 heavy (non-hydrogen) atoms. The third-order valence-electron chi connectivity index (χ3n) is 1.46. The highest BCUT2D eigenvalue weighted by molar-refractivity contribution is 6.50. The molecule has 0 aliphatic carbocycles. The first-order valence-corrected chi connectivity index (χ1v) is 6.19. The maximum Gasteiger partial charge on any atom is 0.673 e. The van der Waals surface area contributed by atoms with Gasteiger partial charge in [-0.05, 0) is 17.7 Å². The second-order valence-corrected chi connectivity index (χ2v) is 4.09. The van der Waals surface area contributed by atoms with Crippen molar-refractivity contribution in [3.8, 4) is 6.07 Å². The average Bonchev–Trinajstić information content (AvgIpc) is 2.30. The summed E-state index contributed by atoms with van der Waals surface area (Å²) in [4.78, 5) is 0. The van der Waals surface area contributed by atoms with Gasteiger partial charge in [-0.3, -0.25) is 0 Å². The van der Waals surface area contributed by atoms with Gasteiger partial charge in [0.15, 0.2) is 0 Å². The van der Waals surface area contributed by atoms with Crippen molar-refractivity contribution >= 4 is 21.8 Å². The van der Waals surface area contributed by atoms with Gasteiger partial charge in [0.05, 0.1) is 18.1 Å². The van der Waals surface area contributed by atoms with E-state index in [4.69, 9.17) is 5.26 Å². The fourth-order valence-corrected chi connectivity index (χ4v) is 0.982. The monoisotopic (exact) mass is 446 g/mol. The highest BCUT2D eigenvalue weighted by atomic mass is 19.5. The zero-order valence-corrected chi connectivity index (χ0v) is 12.9. The number of rotatable bonds is 1. The molecule has 0 atom stereocenters. The van der Waals surface area contributed by atoms with Crippen LogP contribution in [-0.2, 0) is 6.42 Å². The molecule has 0 saturated heterocycles. The molecule has 1 aromatic carbocycles. The molecule has 0 saturated carbocycles. The van der Waals surface area contributed by atoms with Crippen LogP contribution in [0.3, 0.4) is 0 Å². The molecule has 0 aliphatic heterocycles. The molecule has 0 spiro atoms. The molecule has 0 heterocycles. The van der Waals surface area contributed by atoms with Crippen molar-refractivity contribution in [3.63, 3.8) is 0 Å². The summed E-state index contributed by atoms with van der Waals surface area (Å²) < 4.78 is 153. The molecule has 164 valence electrons. The Morgan fingerprint density at radius 1 is 0.714 bits per heavy atom. The van der Waals surface area contributed by atoms with Gasteiger partial charge in [0.1, 0.15) is 0 Å². The lowest BCUT2D eigenvalue weighted by molar-refractivity contribution is -0.127. The Balaban J connectivity index is -0.000000347. The third kappa shape index (κ3) is 56.5. The molecule has 1 nitrogen and oxygen atoms in total. The molecule has 0 aliphatic rings. The molecule has 0 bridgehead atoms. The van der Waals surface area contributed by atoms with Crippen LogP contribution in [0.1, 0.15) is 11.1 Å². The Kier molecular flexibility index (Phi) is 13.5. The third-order valence-corrected chi connectivity index (χ3v) is 1.46. The van der Waals surface area contributed by atoms with Gasteiger partial charge in [0.2, 0.25) is 0 Å². The lowest BCUT2D eigenvalue weighted by atomic mass is 10.1. The van der Waals surface area contributed by atoms with E-state index in [0.29, 0.717) is 0 Å². The molecule has 0 fully saturated rings. The first-order valence-electron chi connectivity index (χ1n) is 6.19. The second-order valence-electron chi connectivity index (χ2n) is 4.09. The molecular formula is C9H6B3F15N-3. The minimum Gasteiger partial charge on any atom is -0.418 e. The van der Waals surface area contributed by atoms with Crippen LogP contribution in [0.4, 0.5) is 65.0 Å². The van der Waals surface area contributed by atoms with Gasteiger partial charge in [-0.1, -0.05) is 12.1 Å². The molecule has 0 unspecified atom stereocenters. The largest absolute Gasteiger partial charge is 0.673 e. The van der Waals surface area contributed by atoms with Crippen molar-refractivity contribution in [2.45, 2.75) is 12.6 Å². The highest BCUT2D eigenvalue weighted by Gasteiger charge is 2.27. The Hall–Kier alpha value is -2.15. The van der Waals surface area contributed by atoms with Crippen LogP contribution in [0.15, 0.2) is 24.3 Å². The normalized spacial score (nSPS) is 11.5. The van der Waals surface area contributed by atoms with Crippen molar-refractivity contribution in [1.29, 1.82) is 5.26 Å². The van der Waals surface area contributed by atoms with E-state index in [0.717, 1.165) is 0 Å². The standard InChI is InChI=1S/C9H6F3N.3BF4/c10-9(11,12)5-7-2-1-3-8(4-7)6-13;3*2-1(3,4)5/h1-4H,5H2;;;/q;3*-1. The Labute approximate surface area is 147 Å². The first kappa shape index (κ1) is 30.6. The van der Waals surface area contributed by atoms with Crippen LogP contribution in [-0.4, -0.2) is 27.9 Å². The number of nitriles is 1. The van der Waals surface area contributed by atoms with E-state index in [-0.39, 0.29) is 11.1 Å². The van der Waals surface area contributed by atoms with E-state index in [2.05, 4.69) is 0 Å². The summed E-state index contributed by atoms with van der Waals surface area (Å²) in [6.07, 6.45) is -5.20. The summed E-state index contributed by atoms with van der Waals surface area (Å²) in [5, 5.41) is 8.43. The zero-order chi connectivity index (χ0) is 23.4. The molecule has 1 aromatic rings. The summed E-state index contributed by atoms with van der Waals surface area (Å²) in [6.45, 7) is 0. The molecule has 19 heteroatoms. The van der Waals surface area contributed by atoms with E-state index in [1.165, 1.54) is 24.3 Å². The number of halogens is 15. The molecule has 0 amide bonds. The smallest absolute Gasteiger partial charge is 0.418 e. The topological polar surface area (TPSA) is 23.8 Å². The van der Waals surface area contributed by atoms with Crippen LogP contribution < -0.4 is 0 Å². The molecular weight excluding hydrogens is 440 g/mol. The van der Waals surface area contributed by atoms with Crippen molar-refractivity contribution in [3.05, 3.63) is 35.4 Å². The number of hydrogen-bond donors (Lipinski definition) is 0. The minimum atomic E-state index is -6.00. The van der Waals surface area contributed by atoms with E-state index in [1.807, 2.05) is 0 Å². The number of alkyl halides is 3. The van der Waals surface area contributed by atoms with Gasteiger partial charge in [-0.15, -0.1) is 0 Å². The minimum absolute atomic E-state index is 0.117. The summed E-state index contributed by atoms with van der Waals surface area (Å²) in [7, 11) is -18.0. The van der Waals surface area contributed by atoms with Crippen molar-refractivity contribution in [2.75, 3.05) is 0 Å². The van der Waals surface area contributed by atoms with E-state index in [1.54, 1.807) is 6.07 Å². The van der Waals surface area contributed by atoms with Gasteiger partial charge in [0.25, 0.3) is 0 Å². The van der Waals surface area contributed by atoms with Crippen LogP contribution in [0.25, 0.3) is 0 Å². The summed E-state index contributed by atoms with van der Waals surface area (Å²) in [6, 6.07) is 7.30. The molecule has 0 aromatic heterocycles. The van der Waals surface area contributed by atoms with Gasteiger partial charge in [-0.2, -0.15) is 18.4 Å². The SMILES string of the molecule is F[B-](F)(F)F.F[B-](F)(F)F.F[B-](F)(F)F.N#Cc1cccc(CC(F)(F)F)c1. The predicted molar refractivity (Wildman–Crippen MR) is 71.5 cm³/mol. The summed E-state index contributed by atoms with van der Waals surface area (Å²) in [5.41, 5.74) is 0.369. The predicted octanol–water partition coefficient (Wildman–Crippen LogP) is 6.56. The van der Waals surface area contributed by atoms with E-state index in [9.17, 15) is 65.0 Å².